The molecule has 0 spiro atoms. The first-order valence-electron chi connectivity index (χ1n) is 6.33. The summed E-state index contributed by atoms with van der Waals surface area (Å²) in [5, 5.41) is 2.78. The minimum atomic E-state index is -0.296. The lowest BCUT2D eigenvalue weighted by atomic mass is 10.2. The fourth-order valence-electron chi connectivity index (χ4n) is 2.08. The molecule has 3 N–H and O–H groups in total. The predicted molar refractivity (Wildman–Crippen MR) is 79.9 cm³/mol. The third-order valence-corrected chi connectivity index (χ3v) is 3.11. The molecule has 0 saturated heterocycles. The Morgan fingerprint density at radius 3 is 2.71 bits per heavy atom. The van der Waals surface area contributed by atoms with Crippen LogP contribution < -0.4 is 15.7 Å². The molecular weight excluding hydrogens is 270 g/mol. The number of ether oxygens (including phenoxy) is 1. The number of rotatable bonds is 3. The second-order valence-corrected chi connectivity index (χ2v) is 4.53. The van der Waals surface area contributed by atoms with E-state index in [-0.39, 0.29) is 11.6 Å². The zero-order valence-corrected chi connectivity index (χ0v) is 11.3. The van der Waals surface area contributed by atoms with Gasteiger partial charge in [0.2, 0.25) is 0 Å². The van der Waals surface area contributed by atoms with E-state index in [2.05, 4.69) is 15.3 Å². The summed E-state index contributed by atoms with van der Waals surface area (Å²) >= 11 is 0. The van der Waals surface area contributed by atoms with Crippen LogP contribution in [0.15, 0.2) is 47.3 Å². The Labute approximate surface area is 119 Å². The molecule has 21 heavy (non-hydrogen) atoms. The van der Waals surface area contributed by atoms with Gasteiger partial charge >= 0.3 is 5.69 Å². The molecule has 0 saturated carbocycles. The Kier molecular flexibility index (Phi) is 3.19. The van der Waals surface area contributed by atoms with Crippen LogP contribution in [0.4, 0.5) is 5.69 Å². The largest absolute Gasteiger partial charge is 0.497 e. The van der Waals surface area contributed by atoms with E-state index in [9.17, 15) is 9.59 Å². The van der Waals surface area contributed by atoms with E-state index in [1.165, 1.54) is 0 Å². The van der Waals surface area contributed by atoms with E-state index in [1.807, 2.05) is 0 Å². The maximum Gasteiger partial charge on any atom is 0.323 e. The summed E-state index contributed by atoms with van der Waals surface area (Å²) in [5.74, 6) is 0.408. The molecule has 2 aromatic carbocycles. The third kappa shape index (κ3) is 2.64. The van der Waals surface area contributed by atoms with E-state index in [0.717, 1.165) is 0 Å². The number of aromatic amines is 2. The van der Waals surface area contributed by atoms with Crippen molar-refractivity contribution in [3.8, 4) is 5.75 Å². The van der Waals surface area contributed by atoms with Gasteiger partial charge in [-0.2, -0.15) is 0 Å². The highest BCUT2D eigenvalue weighted by atomic mass is 16.5. The minimum absolute atomic E-state index is 0.257. The average Bonchev–Trinajstić information content (AvgIpc) is 2.86. The van der Waals surface area contributed by atoms with Crippen molar-refractivity contribution in [2.45, 2.75) is 0 Å². The lowest BCUT2D eigenvalue weighted by molar-refractivity contribution is 0.102. The van der Waals surface area contributed by atoms with Crippen molar-refractivity contribution >= 4 is 22.6 Å². The summed E-state index contributed by atoms with van der Waals surface area (Å²) < 4.78 is 5.11. The lowest BCUT2D eigenvalue weighted by Crippen LogP contribution is -2.11. The monoisotopic (exact) mass is 283 g/mol. The highest BCUT2D eigenvalue weighted by Crippen LogP contribution is 2.18. The normalized spacial score (nSPS) is 10.5. The number of hydrogen-bond donors (Lipinski definition) is 3. The molecule has 3 rings (SSSR count). The molecule has 6 heteroatoms. The summed E-state index contributed by atoms with van der Waals surface area (Å²) in [5.41, 5.74) is 2.06. The van der Waals surface area contributed by atoms with Gasteiger partial charge in [0.1, 0.15) is 5.75 Å². The van der Waals surface area contributed by atoms with Crippen molar-refractivity contribution < 1.29 is 9.53 Å². The maximum absolute atomic E-state index is 12.2. The van der Waals surface area contributed by atoms with Crippen LogP contribution in [0.2, 0.25) is 0 Å². The van der Waals surface area contributed by atoms with Crippen LogP contribution in [-0.2, 0) is 0 Å². The van der Waals surface area contributed by atoms with Crippen LogP contribution in [-0.4, -0.2) is 23.0 Å². The second kappa shape index (κ2) is 5.16. The van der Waals surface area contributed by atoms with Gasteiger partial charge in [-0.25, -0.2) is 4.79 Å². The Morgan fingerprint density at radius 1 is 1.10 bits per heavy atom. The van der Waals surface area contributed by atoms with E-state index in [1.54, 1.807) is 49.6 Å². The minimum Gasteiger partial charge on any atom is -0.497 e. The van der Waals surface area contributed by atoms with Crippen molar-refractivity contribution in [1.29, 1.82) is 0 Å². The highest BCUT2D eigenvalue weighted by Gasteiger charge is 2.08. The molecule has 1 heterocycles. The molecule has 1 aromatic heterocycles. The Balaban J connectivity index is 1.87. The first-order valence-corrected chi connectivity index (χ1v) is 6.33. The molecule has 106 valence electrons. The summed E-state index contributed by atoms with van der Waals surface area (Å²) in [6.45, 7) is 0. The van der Waals surface area contributed by atoms with Crippen LogP contribution in [0.3, 0.4) is 0 Å². The van der Waals surface area contributed by atoms with Crippen LogP contribution in [0.25, 0.3) is 11.0 Å². The number of anilines is 1. The van der Waals surface area contributed by atoms with Gasteiger partial charge in [0.15, 0.2) is 0 Å². The Morgan fingerprint density at radius 2 is 1.90 bits per heavy atom. The fraction of sp³-hybridized carbons (Fsp3) is 0.0667. The molecule has 0 fully saturated rings. The molecule has 3 aromatic rings. The fourth-order valence-corrected chi connectivity index (χ4v) is 2.08. The van der Waals surface area contributed by atoms with Crippen LogP contribution in [0, 0.1) is 0 Å². The SMILES string of the molecule is COc1cccc(NC(=O)c2ccc3[nH]c(=O)[nH]c3c2)c1. The first-order chi connectivity index (χ1) is 10.2. The zero-order chi connectivity index (χ0) is 14.8. The highest BCUT2D eigenvalue weighted by molar-refractivity contribution is 6.05. The van der Waals surface area contributed by atoms with Gasteiger partial charge in [-0.3, -0.25) is 4.79 Å². The molecule has 0 aliphatic carbocycles. The number of hydrogen-bond acceptors (Lipinski definition) is 3. The molecule has 0 aliphatic rings. The average molecular weight is 283 g/mol. The summed E-state index contributed by atoms with van der Waals surface area (Å²) in [7, 11) is 1.57. The number of carbonyl (C=O) groups excluding carboxylic acids is 1. The van der Waals surface area contributed by atoms with Crippen molar-refractivity contribution in [2.24, 2.45) is 0 Å². The zero-order valence-electron chi connectivity index (χ0n) is 11.3. The van der Waals surface area contributed by atoms with Gasteiger partial charge in [-0.05, 0) is 30.3 Å². The lowest BCUT2D eigenvalue weighted by Gasteiger charge is -2.07. The van der Waals surface area contributed by atoms with Crippen LogP contribution in [0.5, 0.6) is 5.75 Å². The van der Waals surface area contributed by atoms with Crippen molar-refractivity contribution in [2.75, 3.05) is 12.4 Å². The summed E-state index contributed by atoms with van der Waals surface area (Å²) in [6, 6.07) is 12.1. The van der Waals surface area contributed by atoms with Gasteiger partial charge in [0, 0.05) is 17.3 Å². The van der Waals surface area contributed by atoms with E-state index < -0.39 is 0 Å². The number of nitrogens with one attached hydrogen (secondary N) is 3. The summed E-state index contributed by atoms with van der Waals surface area (Å²) in [4.78, 5) is 28.7. The number of methoxy groups -OCH3 is 1. The number of imidazole rings is 1. The molecule has 6 nitrogen and oxygen atoms in total. The van der Waals surface area contributed by atoms with Gasteiger partial charge in [0.05, 0.1) is 18.1 Å². The number of aromatic nitrogens is 2. The molecular formula is C15H13N3O3. The molecule has 0 atom stereocenters. The number of benzene rings is 2. The van der Waals surface area contributed by atoms with Crippen molar-refractivity contribution in [3.05, 3.63) is 58.5 Å². The molecule has 1 amide bonds. The van der Waals surface area contributed by atoms with E-state index in [0.29, 0.717) is 28.0 Å². The Bertz CT molecular complexity index is 864. The quantitative estimate of drug-likeness (QED) is 0.688. The molecule has 0 unspecified atom stereocenters. The standard InChI is InChI=1S/C15H13N3O3/c1-21-11-4-2-3-10(8-11)16-14(19)9-5-6-12-13(7-9)18-15(20)17-12/h2-8H,1H3,(H,16,19)(H2,17,18,20). The van der Waals surface area contributed by atoms with Gasteiger partial charge in [-0.1, -0.05) is 6.07 Å². The first kappa shape index (κ1) is 13.0. The van der Waals surface area contributed by atoms with Crippen molar-refractivity contribution in [1.82, 2.24) is 9.97 Å². The van der Waals surface area contributed by atoms with E-state index >= 15 is 0 Å². The number of H-pyrrole nitrogens is 2. The van der Waals surface area contributed by atoms with Crippen LogP contribution in [0.1, 0.15) is 10.4 Å². The van der Waals surface area contributed by atoms with Gasteiger partial charge < -0.3 is 20.0 Å². The van der Waals surface area contributed by atoms with Crippen LogP contribution >= 0.6 is 0 Å². The number of fused-ring (bicyclic) bond motifs is 1. The van der Waals surface area contributed by atoms with Crippen molar-refractivity contribution in [3.63, 3.8) is 0 Å². The predicted octanol–water partition coefficient (Wildman–Crippen LogP) is 2.12. The number of carbonyl (C=O) groups is 1. The maximum atomic E-state index is 12.2. The Hall–Kier alpha value is -3.02. The molecule has 0 bridgehead atoms. The van der Waals surface area contributed by atoms with E-state index in [4.69, 9.17) is 4.74 Å². The van der Waals surface area contributed by atoms with Gasteiger partial charge in [-0.15, -0.1) is 0 Å². The number of amides is 1. The molecule has 0 radical (unpaired) electrons. The topological polar surface area (TPSA) is 87.0 Å². The van der Waals surface area contributed by atoms with Gasteiger partial charge in [0.25, 0.3) is 5.91 Å². The molecule has 0 aliphatic heterocycles. The second-order valence-electron chi connectivity index (χ2n) is 4.53. The summed E-state index contributed by atoms with van der Waals surface area (Å²) in [6.07, 6.45) is 0. The smallest absolute Gasteiger partial charge is 0.323 e. The third-order valence-electron chi connectivity index (χ3n) is 3.11.